The zero-order valence-corrected chi connectivity index (χ0v) is 20.7. The molecule has 0 amide bonds. The monoisotopic (exact) mass is 488 g/mol. The molecule has 0 aliphatic heterocycles. The Labute approximate surface area is 185 Å². The van der Waals surface area contributed by atoms with Gasteiger partial charge in [0.05, 0.1) is 11.0 Å². The van der Waals surface area contributed by atoms with Gasteiger partial charge in [0.15, 0.2) is 0 Å². The Kier molecular flexibility index (Phi) is 10.1. The molecule has 2 fully saturated rings. The van der Waals surface area contributed by atoms with Crippen molar-refractivity contribution in [2.45, 2.75) is 81.0 Å². The van der Waals surface area contributed by atoms with Gasteiger partial charge in [-0.15, -0.1) is 0 Å². The summed E-state index contributed by atoms with van der Waals surface area (Å²) in [5.74, 6) is 3.14. The van der Waals surface area contributed by atoms with E-state index in [-0.39, 0.29) is 11.0 Å². The summed E-state index contributed by atoms with van der Waals surface area (Å²) in [4.78, 5) is 0. The predicted molar refractivity (Wildman–Crippen MR) is 123 cm³/mol. The Morgan fingerprint density at radius 3 is 2.14 bits per heavy atom. The Bertz CT molecular complexity index is 700. The Morgan fingerprint density at radius 2 is 1.59 bits per heavy atom. The van der Waals surface area contributed by atoms with Crippen LogP contribution < -0.4 is 0 Å². The molecule has 0 heterocycles. The standard InChI is InChI=1S/C19H36O6S4/c1-3-26-19(13-28(20,21)22)11-15-4-5-17(10-15)16-6-8-18(9-7-16)27-12-14(2)29(23,24)25/h14-19H,3-13H2,1-2H3,(H,20,21,22)(H,23,24,25). The Balaban J connectivity index is 1.74. The van der Waals surface area contributed by atoms with E-state index in [4.69, 9.17) is 4.55 Å². The van der Waals surface area contributed by atoms with Gasteiger partial charge in [0.25, 0.3) is 20.2 Å². The molecule has 29 heavy (non-hydrogen) atoms. The first-order valence-corrected chi connectivity index (χ1v) is 15.8. The number of rotatable bonds is 11. The first kappa shape index (κ1) is 25.8. The maximum atomic E-state index is 11.3. The highest BCUT2D eigenvalue weighted by atomic mass is 32.2. The third-order valence-corrected chi connectivity index (χ3v) is 11.7. The molecule has 2 aliphatic carbocycles. The summed E-state index contributed by atoms with van der Waals surface area (Å²) in [6.45, 7) is 3.57. The largest absolute Gasteiger partial charge is 0.286 e. The minimum atomic E-state index is -3.94. The van der Waals surface area contributed by atoms with Gasteiger partial charge in [-0.1, -0.05) is 13.3 Å². The predicted octanol–water partition coefficient (Wildman–Crippen LogP) is 4.37. The van der Waals surface area contributed by atoms with Crippen LogP contribution in [0.1, 0.15) is 65.2 Å². The van der Waals surface area contributed by atoms with Crippen LogP contribution in [0, 0.1) is 17.8 Å². The van der Waals surface area contributed by atoms with E-state index in [1.54, 1.807) is 30.4 Å². The van der Waals surface area contributed by atoms with Crippen LogP contribution in [0.3, 0.4) is 0 Å². The molecular formula is C19H36O6S4. The summed E-state index contributed by atoms with van der Waals surface area (Å²) in [6, 6.07) is 0. The van der Waals surface area contributed by atoms with Crippen molar-refractivity contribution in [1.82, 2.24) is 0 Å². The van der Waals surface area contributed by atoms with Crippen LogP contribution in [0.15, 0.2) is 0 Å². The van der Waals surface area contributed by atoms with Crippen molar-refractivity contribution in [3.63, 3.8) is 0 Å². The fraction of sp³-hybridized carbons (Fsp3) is 1.00. The lowest BCUT2D eigenvalue weighted by Gasteiger charge is -2.32. The lowest BCUT2D eigenvalue weighted by atomic mass is 9.78. The zero-order valence-electron chi connectivity index (χ0n) is 17.4. The maximum Gasteiger partial charge on any atom is 0.268 e. The molecule has 0 aromatic heterocycles. The first-order chi connectivity index (χ1) is 13.5. The van der Waals surface area contributed by atoms with Crippen LogP contribution in [0.25, 0.3) is 0 Å². The van der Waals surface area contributed by atoms with Crippen molar-refractivity contribution < 1.29 is 25.9 Å². The van der Waals surface area contributed by atoms with Gasteiger partial charge in [-0.25, -0.2) is 0 Å². The molecule has 2 aliphatic rings. The quantitative estimate of drug-likeness (QED) is 0.413. The third kappa shape index (κ3) is 9.27. The lowest BCUT2D eigenvalue weighted by molar-refractivity contribution is 0.249. The molecule has 0 spiro atoms. The van der Waals surface area contributed by atoms with Gasteiger partial charge in [-0.3, -0.25) is 9.11 Å². The van der Waals surface area contributed by atoms with E-state index >= 15 is 0 Å². The summed E-state index contributed by atoms with van der Waals surface area (Å²) in [7, 11) is -7.86. The zero-order chi connectivity index (χ0) is 21.7. The second-order valence-electron chi connectivity index (χ2n) is 8.70. The molecule has 0 bridgehead atoms. The highest BCUT2D eigenvalue weighted by Crippen LogP contribution is 2.45. The van der Waals surface area contributed by atoms with Crippen LogP contribution in [-0.4, -0.2) is 58.9 Å². The number of hydrogen-bond donors (Lipinski definition) is 2. The molecule has 2 saturated carbocycles. The van der Waals surface area contributed by atoms with Gasteiger partial charge in [-0.05, 0) is 75.4 Å². The molecular weight excluding hydrogens is 452 g/mol. The van der Waals surface area contributed by atoms with Gasteiger partial charge in [0.1, 0.15) is 0 Å². The highest BCUT2D eigenvalue weighted by Gasteiger charge is 2.35. The fourth-order valence-corrected chi connectivity index (χ4v) is 9.33. The van der Waals surface area contributed by atoms with E-state index < -0.39 is 25.5 Å². The lowest BCUT2D eigenvalue weighted by Crippen LogP contribution is -2.25. The summed E-state index contributed by atoms with van der Waals surface area (Å²) in [5.41, 5.74) is 0. The van der Waals surface area contributed by atoms with Crippen molar-refractivity contribution in [2.75, 3.05) is 17.3 Å². The summed E-state index contributed by atoms with van der Waals surface area (Å²) < 4.78 is 63.1. The smallest absolute Gasteiger partial charge is 0.268 e. The van der Waals surface area contributed by atoms with Crippen LogP contribution in [0.2, 0.25) is 0 Å². The molecule has 0 saturated heterocycles. The highest BCUT2D eigenvalue weighted by molar-refractivity contribution is 8.01. The average Bonchev–Trinajstić information content (AvgIpc) is 3.06. The average molecular weight is 489 g/mol. The molecule has 2 N–H and O–H groups in total. The van der Waals surface area contributed by atoms with E-state index in [9.17, 15) is 21.4 Å². The van der Waals surface area contributed by atoms with Crippen molar-refractivity contribution in [3.8, 4) is 0 Å². The van der Waals surface area contributed by atoms with Gasteiger partial charge < -0.3 is 0 Å². The summed E-state index contributed by atoms with van der Waals surface area (Å²) >= 11 is 3.31. The SMILES string of the molecule is CCSC(CC1CCC(C2CCC(SCC(C)S(=O)(=O)O)CC2)C1)CS(=O)(=O)O. The van der Waals surface area contributed by atoms with Crippen molar-refractivity contribution in [2.24, 2.45) is 17.8 Å². The second kappa shape index (κ2) is 11.4. The topological polar surface area (TPSA) is 109 Å². The van der Waals surface area contributed by atoms with E-state index in [1.807, 2.05) is 6.92 Å². The molecule has 0 aromatic carbocycles. The normalized spacial score (nSPS) is 30.9. The molecule has 6 nitrogen and oxygen atoms in total. The molecule has 2 rings (SSSR count). The van der Waals surface area contributed by atoms with Crippen LogP contribution in [-0.2, 0) is 20.2 Å². The molecule has 0 radical (unpaired) electrons. The first-order valence-electron chi connectivity index (χ1n) is 10.6. The van der Waals surface area contributed by atoms with E-state index in [0.717, 1.165) is 43.8 Å². The summed E-state index contributed by atoms with van der Waals surface area (Å²) in [5, 5.41) is -0.249. The molecule has 4 unspecified atom stereocenters. The number of thioether (sulfide) groups is 2. The van der Waals surface area contributed by atoms with E-state index in [2.05, 4.69) is 0 Å². The van der Waals surface area contributed by atoms with Crippen molar-refractivity contribution in [3.05, 3.63) is 0 Å². The second-order valence-corrected chi connectivity index (χ2v) is 14.9. The van der Waals surface area contributed by atoms with Gasteiger partial charge >= 0.3 is 0 Å². The van der Waals surface area contributed by atoms with Gasteiger partial charge in [0.2, 0.25) is 0 Å². The minimum absolute atomic E-state index is 0.0179. The molecule has 10 heteroatoms. The Morgan fingerprint density at radius 1 is 0.966 bits per heavy atom. The van der Waals surface area contributed by atoms with Crippen LogP contribution >= 0.6 is 23.5 Å². The van der Waals surface area contributed by atoms with E-state index in [0.29, 0.717) is 22.8 Å². The van der Waals surface area contributed by atoms with E-state index in [1.165, 1.54) is 19.3 Å². The Hall–Kier alpha value is 0.520. The number of hydrogen-bond acceptors (Lipinski definition) is 6. The minimum Gasteiger partial charge on any atom is -0.286 e. The summed E-state index contributed by atoms with van der Waals surface area (Å²) in [6.07, 6.45) is 8.94. The van der Waals surface area contributed by atoms with Crippen LogP contribution in [0.4, 0.5) is 0 Å². The molecule has 0 aromatic rings. The maximum absolute atomic E-state index is 11.3. The van der Waals surface area contributed by atoms with Gasteiger partial charge in [-0.2, -0.15) is 40.4 Å². The molecule has 4 atom stereocenters. The third-order valence-electron chi connectivity index (χ3n) is 6.44. The van der Waals surface area contributed by atoms with Crippen LogP contribution in [0.5, 0.6) is 0 Å². The van der Waals surface area contributed by atoms with Gasteiger partial charge in [0, 0.05) is 16.3 Å². The fourth-order valence-electron chi connectivity index (χ4n) is 4.87. The van der Waals surface area contributed by atoms with Crippen molar-refractivity contribution >= 4 is 43.8 Å². The molecule has 172 valence electrons. The van der Waals surface area contributed by atoms with Crippen molar-refractivity contribution in [1.29, 1.82) is 0 Å².